The molecule has 0 saturated heterocycles. The van der Waals surface area contributed by atoms with E-state index in [1.54, 1.807) is 24.3 Å². The Morgan fingerprint density at radius 2 is 1.53 bits per heavy atom. The quantitative estimate of drug-likeness (QED) is 0.173. The number of rotatable bonds is 11. The first-order valence-electron chi connectivity index (χ1n) is 10.7. The highest BCUT2D eigenvalue weighted by molar-refractivity contribution is 6.21. The summed E-state index contributed by atoms with van der Waals surface area (Å²) in [5.74, 6) is 0.255. The number of hydrogen-bond acceptors (Lipinski definition) is 4. The lowest BCUT2D eigenvalue weighted by Gasteiger charge is -2.16. The molecular formula is C25H31ClO4. The van der Waals surface area contributed by atoms with Gasteiger partial charge in [-0.3, -0.25) is 4.79 Å². The molecule has 162 valence electrons. The van der Waals surface area contributed by atoms with E-state index < -0.39 is 0 Å². The summed E-state index contributed by atoms with van der Waals surface area (Å²) in [4.78, 5) is 24.0. The average molecular weight is 431 g/mol. The zero-order valence-corrected chi connectivity index (χ0v) is 18.8. The summed E-state index contributed by atoms with van der Waals surface area (Å²) < 4.78 is 10.7. The van der Waals surface area contributed by atoms with Gasteiger partial charge in [0, 0.05) is 6.42 Å². The van der Waals surface area contributed by atoms with Crippen LogP contribution in [0.4, 0.5) is 0 Å². The van der Waals surface area contributed by atoms with Crippen molar-refractivity contribution in [3.63, 3.8) is 0 Å². The third kappa shape index (κ3) is 7.49. The first-order chi connectivity index (χ1) is 14.4. The van der Waals surface area contributed by atoms with Crippen molar-refractivity contribution in [2.75, 3.05) is 6.61 Å². The van der Waals surface area contributed by atoms with E-state index in [4.69, 9.17) is 21.1 Å². The van der Waals surface area contributed by atoms with E-state index >= 15 is 0 Å². The largest absolute Gasteiger partial charge is 0.461 e. The third-order valence-electron chi connectivity index (χ3n) is 5.16. The number of esters is 2. The van der Waals surface area contributed by atoms with Crippen LogP contribution in [0.1, 0.15) is 63.2 Å². The van der Waals surface area contributed by atoms with E-state index in [0.717, 1.165) is 36.8 Å². The number of ether oxygens (including phenoxy) is 2. The SMILES string of the molecule is CCCCCC(=O)Oc1ccc(-c2ccc(C(=O)OCC(Cl)C(C)CC)cc2)cc1. The fourth-order valence-corrected chi connectivity index (χ4v) is 3.12. The smallest absolute Gasteiger partial charge is 0.338 e. The van der Waals surface area contributed by atoms with Gasteiger partial charge in [0.05, 0.1) is 10.9 Å². The van der Waals surface area contributed by atoms with Crippen molar-refractivity contribution < 1.29 is 19.1 Å². The monoisotopic (exact) mass is 430 g/mol. The highest BCUT2D eigenvalue weighted by Gasteiger charge is 2.16. The normalized spacial score (nSPS) is 12.8. The molecule has 0 spiro atoms. The molecule has 0 aliphatic rings. The second-order valence-corrected chi connectivity index (χ2v) is 8.09. The summed E-state index contributed by atoms with van der Waals surface area (Å²) in [7, 11) is 0. The zero-order chi connectivity index (χ0) is 21.9. The molecule has 0 bridgehead atoms. The highest BCUT2D eigenvalue weighted by atomic mass is 35.5. The molecule has 0 aliphatic heterocycles. The van der Waals surface area contributed by atoms with Gasteiger partial charge in [-0.15, -0.1) is 11.6 Å². The molecule has 2 rings (SSSR count). The Morgan fingerprint density at radius 1 is 0.933 bits per heavy atom. The van der Waals surface area contributed by atoms with E-state index in [-0.39, 0.29) is 23.9 Å². The van der Waals surface area contributed by atoms with Gasteiger partial charge >= 0.3 is 11.9 Å². The number of unbranched alkanes of at least 4 members (excludes halogenated alkanes) is 2. The molecule has 5 heteroatoms. The molecule has 0 fully saturated rings. The minimum atomic E-state index is -0.374. The van der Waals surface area contributed by atoms with Gasteiger partial charge < -0.3 is 9.47 Å². The molecule has 2 aromatic rings. The summed E-state index contributed by atoms with van der Waals surface area (Å²) in [5.41, 5.74) is 2.42. The number of carbonyl (C=O) groups is 2. The summed E-state index contributed by atoms with van der Waals surface area (Å²) in [6.45, 7) is 6.40. The van der Waals surface area contributed by atoms with Crippen LogP contribution in [0.25, 0.3) is 11.1 Å². The predicted molar refractivity (Wildman–Crippen MR) is 121 cm³/mol. The van der Waals surface area contributed by atoms with Crippen molar-refractivity contribution in [1.82, 2.24) is 0 Å². The van der Waals surface area contributed by atoms with Crippen LogP contribution in [0.2, 0.25) is 0 Å². The van der Waals surface area contributed by atoms with E-state index in [0.29, 0.717) is 23.7 Å². The topological polar surface area (TPSA) is 52.6 Å². The summed E-state index contributed by atoms with van der Waals surface area (Å²) in [5, 5.41) is -0.183. The Bertz CT molecular complexity index is 799. The van der Waals surface area contributed by atoms with Gasteiger partial charge in [0.1, 0.15) is 12.4 Å². The summed E-state index contributed by atoms with van der Waals surface area (Å²) >= 11 is 6.24. The van der Waals surface area contributed by atoms with Gasteiger partial charge in [-0.05, 0) is 47.7 Å². The van der Waals surface area contributed by atoms with Crippen LogP contribution in [0.3, 0.4) is 0 Å². The molecular weight excluding hydrogens is 400 g/mol. The molecule has 2 atom stereocenters. The minimum Gasteiger partial charge on any atom is -0.461 e. The van der Waals surface area contributed by atoms with Gasteiger partial charge in [0.2, 0.25) is 0 Å². The fourth-order valence-electron chi connectivity index (χ4n) is 2.87. The number of carbonyl (C=O) groups excluding carboxylic acids is 2. The Kier molecular flexibility index (Phi) is 9.88. The maximum atomic E-state index is 12.2. The van der Waals surface area contributed by atoms with Gasteiger partial charge in [-0.1, -0.05) is 64.3 Å². The Morgan fingerprint density at radius 3 is 2.10 bits per heavy atom. The Labute approximate surface area is 184 Å². The van der Waals surface area contributed by atoms with Crippen LogP contribution in [-0.2, 0) is 9.53 Å². The molecule has 0 N–H and O–H groups in total. The molecule has 0 radical (unpaired) electrons. The van der Waals surface area contributed by atoms with E-state index in [1.165, 1.54) is 0 Å². The number of benzene rings is 2. The van der Waals surface area contributed by atoms with Crippen LogP contribution >= 0.6 is 11.6 Å². The molecule has 0 aromatic heterocycles. The van der Waals surface area contributed by atoms with Crippen molar-refractivity contribution in [3.8, 4) is 16.9 Å². The van der Waals surface area contributed by atoms with Gasteiger partial charge in [-0.25, -0.2) is 4.79 Å². The minimum absolute atomic E-state index is 0.183. The molecule has 4 nitrogen and oxygen atoms in total. The molecule has 0 amide bonds. The lowest BCUT2D eigenvalue weighted by Crippen LogP contribution is -2.20. The van der Waals surface area contributed by atoms with E-state index in [9.17, 15) is 9.59 Å². The summed E-state index contributed by atoms with van der Waals surface area (Å²) in [6.07, 6.45) is 4.34. The van der Waals surface area contributed by atoms with Gasteiger partial charge in [0.25, 0.3) is 0 Å². The van der Waals surface area contributed by atoms with Gasteiger partial charge in [-0.2, -0.15) is 0 Å². The standard InChI is InChI=1S/C25H31ClO4/c1-4-6-7-8-24(27)30-22-15-13-20(14-16-22)19-9-11-21(12-10-19)25(28)29-17-23(26)18(3)5-2/h9-16,18,23H,4-8,17H2,1-3H3. The Hall–Kier alpha value is -2.33. The van der Waals surface area contributed by atoms with E-state index in [2.05, 4.69) is 13.8 Å². The van der Waals surface area contributed by atoms with Crippen LogP contribution in [-0.4, -0.2) is 23.9 Å². The first kappa shape index (κ1) is 23.9. The van der Waals surface area contributed by atoms with Crippen LogP contribution in [0.15, 0.2) is 48.5 Å². The number of halogens is 1. The maximum Gasteiger partial charge on any atom is 0.338 e. The lowest BCUT2D eigenvalue weighted by molar-refractivity contribution is -0.134. The third-order valence-corrected chi connectivity index (χ3v) is 5.72. The van der Waals surface area contributed by atoms with Crippen LogP contribution < -0.4 is 4.74 Å². The second-order valence-electron chi connectivity index (χ2n) is 7.53. The number of alkyl halides is 1. The van der Waals surface area contributed by atoms with Gasteiger partial charge in [0.15, 0.2) is 0 Å². The Balaban J connectivity index is 1.91. The van der Waals surface area contributed by atoms with E-state index in [1.807, 2.05) is 31.2 Å². The van der Waals surface area contributed by atoms with Crippen molar-refractivity contribution in [3.05, 3.63) is 54.1 Å². The maximum absolute atomic E-state index is 12.2. The van der Waals surface area contributed by atoms with Crippen molar-refractivity contribution in [1.29, 1.82) is 0 Å². The molecule has 2 unspecified atom stereocenters. The second kappa shape index (κ2) is 12.4. The van der Waals surface area contributed by atoms with Crippen LogP contribution in [0, 0.1) is 5.92 Å². The first-order valence-corrected chi connectivity index (χ1v) is 11.1. The molecule has 30 heavy (non-hydrogen) atoms. The zero-order valence-electron chi connectivity index (χ0n) is 18.0. The predicted octanol–water partition coefficient (Wildman–Crippen LogP) is 6.65. The van der Waals surface area contributed by atoms with Crippen molar-refractivity contribution in [2.45, 2.75) is 58.3 Å². The van der Waals surface area contributed by atoms with Crippen molar-refractivity contribution in [2.24, 2.45) is 5.92 Å². The number of hydrogen-bond donors (Lipinski definition) is 0. The summed E-state index contributed by atoms with van der Waals surface area (Å²) in [6, 6.07) is 14.6. The molecule has 0 saturated carbocycles. The fraction of sp³-hybridized carbons (Fsp3) is 0.440. The van der Waals surface area contributed by atoms with Crippen molar-refractivity contribution >= 4 is 23.5 Å². The molecule has 0 aliphatic carbocycles. The molecule has 2 aromatic carbocycles. The average Bonchev–Trinajstić information content (AvgIpc) is 2.77. The molecule has 0 heterocycles. The lowest BCUT2D eigenvalue weighted by atomic mass is 10.0. The highest BCUT2D eigenvalue weighted by Crippen LogP contribution is 2.24. The van der Waals surface area contributed by atoms with Crippen LogP contribution in [0.5, 0.6) is 5.75 Å².